The van der Waals surface area contributed by atoms with E-state index in [1.165, 1.54) is 11.6 Å². The van der Waals surface area contributed by atoms with Crippen molar-refractivity contribution in [1.29, 1.82) is 0 Å². The van der Waals surface area contributed by atoms with Gasteiger partial charge in [-0.3, -0.25) is 4.79 Å². The minimum Gasteiger partial charge on any atom is -0.462 e. The monoisotopic (exact) mass is 337 g/mol. The van der Waals surface area contributed by atoms with Gasteiger partial charge in [0.1, 0.15) is 0 Å². The summed E-state index contributed by atoms with van der Waals surface area (Å²) < 4.78 is 5.15. The summed E-state index contributed by atoms with van der Waals surface area (Å²) in [6.07, 6.45) is 5.08. The molecular formula is C21H23NO3. The lowest BCUT2D eigenvalue weighted by molar-refractivity contribution is -0.111. The fourth-order valence-electron chi connectivity index (χ4n) is 2.12. The van der Waals surface area contributed by atoms with Crippen molar-refractivity contribution >= 4 is 23.6 Å². The molecule has 4 nitrogen and oxygen atoms in total. The molecule has 0 aliphatic heterocycles. The number of rotatable bonds is 7. The molecule has 0 aliphatic carbocycles. The number of hydrogen-bond acceptors (Lipinski definition) is 3. The summed E-state index contributed by atoms with van der Waals surface area (Å²) in [5, 5.41) is 2.76. The molecule has 1 amide bonds. The van der Waals surface area contributed by atoms with E-state index in [2.05, 4.69) is 5.32 Å². The van der Waals surface area contributed by atoms with Crippen LogP contribution >= 0.6 is 0 Å². The van der Waals surface area contributed by atoms with Gasteiger partial charge in [-0.25, -0.2) is 4.79 Å². The molecule has 0 saturated heterocycles. The van der Waals surface area contributed by atoms with Crippen LogP contribution in [0.3, 0.4) is 0 Å². The van der Waals surface area contributed by atoms with Gasteiger partial charge in [0.15, 0.2) is 0 Å². The van der Waals surface area contributed by atoms with E-state index in [1.54, 1.807) is 30.3 Å². The highest BCUT2D eigenvalue weighted by molar-refractivity contribution is 6.02. The Bertz CT molecular complexity index is 731. The Morgan fingerprint density at radius 1 is 1.04 bits per heavy atom. The van der Waals surface area contributed by atoms with E-state index in [1.807, 2.05) is 38.1 Å². The summed E-state index contributed by atoms with van der Waals surface area (Å²) in [5.41, 5.74) is 3.24. The van der Waals surface area contributed by atoms with Gasteiger partial charge in [0.05, 0.1) is 12.2 Å². The summed E-state index contributed by atoms with van der Waals surface area (Å²) in [7, 11) is 0. The quantitative estimate of drug-likeness (QED) is 0.456. The van der Waals surface area contributed by atoms with Crippen molar-refractivity contribution in [2.24, 2.45) is 0 Å². The smallest absolute Gasteiger partial charge is 0.338 e. The summed E-state index contributed by atoms with van der Waals surface area (Å²) in [6.45, 7) is 4.49. The van der Waals surface area contributed by atoms with E-state index >= 15 is 0 Å². The van der Waals surface area contributed by atoms with Gasteiger partial charge in [-0.2, -0.15) is 0 Å². The molecule has 4 heteroatoms. The minimum absolute atomic E-state index is 0.223. The summed E-state index contributed by atoms with van der Waals surface area (Å²) >= 11 is 0. The fourth-order valence-corrected chi connectivity index (χ4v) is 2.12. The van der Waals surface area contributed by atoms with Crippen molar-refractivity contribution < 1.29 is 14.3 Å². The Morgan fingerprint density at radius 2 is 1.72 bits per heavy atom. The van der Waals surface area contributed by atoms with Gasteiger partial charge in [0.25, 0.3) is 0 Å². The average molecular weight is 337 g/mol. The van der Waals surface area contributed by atoms with Crippen LogP contribution in [-0.2, 0) is 9.53 Å². The Balaban J connectivity index is 1.88. The third-order valence-corrected chi connectivity index (χ3v) is 3.62. The first kappa shape index (κ1) is 18.5. The van der Waals surface area contributed by atoms with Crippen LogP contribution in [0.25, 0.3) is 6.08 Å². The van der Waals surface area contributed by atoms with Crippen LogP contribution in [0, 0.1) is 6.92 Å². The van der Waals surface area contributed by atoms with Crippen molar-refractivity contribution in [2.45, 2.75) is 26.7 Å². The fraction of sp³-hybridized carbons (Fsp3) is 0.238. The predicted molar refractivity (Wildman–Crippen MR) is 100 cm³/mol. The lowest BCUT2D eigenvalue weighted by atomic mass is 10.1. The average Bonchev–Trinajstić information content (AvgIpc) is 2.62. The molecule has 2 aromatic rings. The molecule has 2 rings (SSSR count). The Hall–Kier alpha value is -2.88. The van der Waals surface area contributed by atoms with Gasteiger partial charge in [0, 0.05) is 11.8 Å². The van der Waals surface area contributed by atoms with Crippen LogP contribution in [0.1, 0.15) is 41.3 Å². The third kappa shape index (κ3) is 6.26. The third-order valence-electron chi connectivity index (χ3n) is 3.62. The van der Waals surface area contributed by atoms with Gasteiger partial charge >= 0.3 is 5.97 Å². The molecule has 25 heavy (non-hydrogen) atoms. The number of benzene rings is 2. The molecular weight excluding hydrogens is 314 g/mol. The summed E-state index contributed by atoms with van der Waals surface area (Å²) in [6, 6.07) is 14.6. The molecule has 0 radical (unpaired) electrons. The standard InChI is InChI=1S/C21H23NO3/c1-3-4-15-25-21(24)18-10-12-19(13-11-18)22-20(23)14-9-17-7-5-16(2)6-8-17/h5-14H,3-4,15H2,1-2H3,(H,22,23). The van der Waals surface area contributed by atoms with Gasteiger partial charge < -0.3 is 10.1 Å². The lowest BCUT2D eigenvalue weighted by Gasteiger charge is -2.06. The van der Waals surface area contributed by atoms with Gasteiger partial charge in [-0.05, 0) is 49.2 Å². The maximum atomic E-state index is 12.0. The van der Waals surface area contributed by atoms with Crippen molar-refractivity contribution in [3.63, 3.8) is 0 Å². The SMILES string of the molecule is CCCCOC(=O)c1ccc(NC(=O)C=Cc2ccc(C)cc2)cc1. The van der Waals surface area contributed by atoms with Gasteiger partial charge in [-0.15, -0.1) is 0 Å². The van der Waals surface area contributed by atoms with Gasteiger partial charge in [-0.1, -0.05) is 43.2 Å². The highest BCUT2D eigenvalue weighted by Crippen LogP contribution is 2.11. The van der Waals surface area contributed by atoms with E-state index in [0.717, 1.165) is 18.4 Å². The van der Waals surface area contributed by atoms with E-state index < -0.39 is 0 Å². The van der Waals surface area contributed by atoms with Gasteiger partial charge in [0.2, 0.25) is 5.91 Å². The van der Waals surface area contributed by atoms with Crippen LogP contribution in [0.5, 0.6) is 0 Å². The van der Waals surface area contributed by atoms with E-state index in [4.69, 9.17) is 4.74 Å². The number of ether oxygens (including phenoxy) is 1. The van der Waals surface area contributed by atoms with Crippen LogP contribution in [0.15, 0.2) is 54.6 Å². The van der Waals surface area contributed by atoms with Crippen LogP contribution < -0.4 is 5.32 Å². The number of aryl methyl sites for hydroxylation is 1. The van der Waals surface area contributed by atoms with Crippen molar-refractivity contribution in [2.75, 3.05) is 11.9 Å². The van der Waals surface area contributed by atoms with Crippen molar-refractivity contribution in [3.05, 3.63) is 71.3 Å². The molecule has 0 spiro atoms. The Labute approximate surface area is 148 Å². The Morgan fingerprint density at radius 3 is 2.36 bits per heavy atom. The number of amides is 1. The molecule has 130 valence electrons. The molecule has 0 heterocycles. The molecule has 2 aromatic carbocycles. The summed E-state index contributed by atoms with van der Waals surface area (Å²) in [5.74, 6) is -0.565. The second-order valence-electron chi connectivity index (χ2n) is 5.80. The second-order valence-corrected chi connectivity index (χ2v) is 5.80. The first-order chi connectivity index (χ1) is 12.1. The predicted octanol–water partition coefficient (Wildman–Crippen LogP) is 4.60. The number of unbranched alkanes of at least 4 members (excludes halogenated alkanes) is 1. The van der Waals surface area contributed by atoms with Crippen molar-refractivity contribution in [1.82, 2.24) is 0 Å². The number of nitrogens with one attached hydrogen (secondary N) is 1. The number of anilines is 1. The molecule has 0 bridgehead atoms. The maximum Gasteiger partial charge on any atom is 0.338 e. The van der Waals surface area contributed by atoms with Crippen LogP contribution in [-0.4, -0.2) is 18.5 Å². The van der Waals surface area contributed by atoms with Crippen LogP contribution in [0.4, 0.5) is 5.69 Å². The van der Waals surface area contributed by atoms with Crippen LogP contribution in [0.2, 0.25) is 0 Å². The normalized spacial score (nSPS) is 10.6. The topological polar surface area (TPSA) is 55.4 Å². The van der Waals surface area contributed by atoms with E-state index in [0.29, 0.717) is 17.9 Å². The van der Waals surface area contributed by atoms with E-state index in [9.17, 15) is 9.59 Å². The van der Waals surface area contributed by atoms with E-state index in [-0.39, 0.29) is 11.9 Å². The zero-order chi connectivity index (χ0) is 18.1. The largest absolute Gasteiger partial charge is 0.462 e. The zero-order valence-electron chi connectivity index (χ0n) is 14.6. The molecule has 0 saturated carbocycles. The zero-order valence-corrected chi connectivity index (χ0v) is 14.6. The number of carbonyl (C=O) groups excluding carboxylic acids is 2. The van der Waals surface area contributed by atoms with Crippen molar-refractivity contribution in [3.8, 4) is 0 Å². The molecule has 0 aliphatic rings. The maximum absolute atomic E-state index is 12.0. The first-order valence-electron chi connectivity index (χ1n) is 8.41. The highest BCUT2D eigenvalue weighted by atomic mass is 16.5. The Kier molecular flexibility index (Phi) is 6.96. The minimum atomic E-state index is -0.342. The first-order valence-corrected chi connectivity index (χ1v) is 8.41. The molecule has 0 fully saturated rings. The second kappa shape index (κ2) is 9.42. The number of hydrogen-bond donors (Lipinski definition) is 1. The summed E-state index contributed by atoms with van der Waals surface area (Å²) in [4.78, 5) is 23.8. The molecule has 1 N–H and O–H groups in total. The molecule has 0 atom stereocenters. The lowest BCUT2D eigenvalue weighted by Crippen LogP contribution is -2.09. The molecule has 0 unspecified atom stereocenters. The number of esters is 1. The number of carbonyl (C=O) groups is 2. The molecule has 0 aromatic heterocycles. The highest BCUT2D eigenvalue weighted by Gasteiger charge is 2.07.